The highest BCUT2D eigenvalue weighted by Gasteiger charge is 2.10. The normalized spacial score (nSPS) is 10.1. The fourth-order valence-electron chi connectivity index (χ4n) is 1.54. The summed E-state index contributed by atoms with van der Waals surface area (Å²) >= 11 is 2.13. The molecule has 0 aliphatic carbocycles. The van der Waals surface area contributed by atoms with Crippen LogP contribution < -0.4 is 0 Å². The minimum Gasteiger partial charge on any atom is -0.457 e. The fraction of sp³-hybridized carbons (Fsp3) is 0.133. The number of carbonyl (C=O) groups excluding carboxylic acids is 1. The maximum atomic E-state index is 11.9. The molecule has 0 radical (unpaired) electrons. The molecule has 0 aromatic heterocycles. The predicted molar refractivity (Wildman–Crippen MR) is 79.5 cm³/mol. The van der Waals surface area contributed by atoms with E-state index in [-0.39, 0.29) is 5.97 Å². The highest BCUT2D eigenvalue weighted by Crippen LogP contribution is 2.14. The van der Waals surface area contributed by atoms with Gasteiger partial charge < -0.3 is 4.74 Å². The first-order chi connectivity index (χ1) is 8.66. The lowest BCUT2D eigenvalue weighted by Crippen LogP contribution is -2.06. The van der Waals surface area contributed by atoms with Gasteiger partial charge in [0.2, 0.25) is 0 Å². The van der Waals surface area contributed by atoms with E-state index < -0.39 is 0 Å². The van der Waals surface area contributed by atoms with Crippen LogP contribution >= 0.6 is 22.6 Å². The topological polar surface area (TPSA) is 26.3 Å². The van der Waals surface area contributed by atoms with E-state index in [1.807, 2.05) is 49.4 Å². The molecule has 0 atom stereocenters. The highest BCUT2D eigenvalue weighted by molar-refractivity contribution is 14.1. The summed E-state index contributed by atoms with van der Waals surface area (Å²) in [5, 5.41) is 0. The number of ether oxygens (including phenoxy) is 1. The molecule has 0 aliphatic rings. The van der Waals surface area contributed by atoms with Crippen LogP contribution in [0.2, 0.25) is 0 Å². The first-order valence-electron chi connectivity index (χ1n) is 5.64. The Labute approximate surface area is 120 Å². The molecule has 2 rings (SSSR count). The molecule has 3 heteroatoms. The number of halogens is 1. The maximum Gasteiger partial charge on any atom is 0.339 e. The van der Waals surface area contributed by atoms with Crippen LogP contribution in [0.4, 0.5) is 0 Å². The molecule has 0 saturated carbocycles. The van der Waals surface area contributed by atoms with Crippen LogP contribution in [0.3, 0.4) is 0 Å². The number of hydrogen-bond acceptors (Lipinski definition) is 2. The summed E-state index contributed by atoms with van der Waals surface area (Å²) < 4.78 is 6.20. The van der Waals surface area contributed by atoms with Crippen LogP contribution in [0.15, 0.2) is 48.5 Å². The summed E-state index contributed by atoms with van der Waals surface area (Å²) in [6.45, 7) is 2.34. The number of hydrogen-bond donors (Lipinski definition) is 0. The molecule has 0 aliphatic heterocycles. The summed E-state index contributed by atoms with van der Waals surface area (Å²) in [6.07, 6.45) is 0. The average Bonchev–Trinajstić information content (AvgIpc) is 2.38. The number of aryl methyl sites for hydroxylation is 1. The highest BCUT2D eigenvalue weighted by atomic mass is 127. The van der Waals surface area contributed by atoms with Gasteiger partial charge in [-0.1, -0.05) is 42.0 Å². The zero-order chi connectivity index (χ0) is 13.0. The zero-order valence-corrected chi connectivity index (χ0v) is 12.2. The van der Waals surface area contributed by atoms with Gasteiger partial charge in [-0.15, -0.1) is 0 Å². The Morgan fingerprint density at radius 3 is 2.44 bits per heavy atom. The van der Waals surface area contributed by atoms with Gasteiger partial charge in [-0.2, -0.15) is 0 Å². The van der Waals surface area contributed by atoms with E-state index in [1.54, 1.807) is 6.07 Å². The van der Waals surface area contributed by atoms with E-state index in [0.29, 0.717) is 12.2 Å². The Bertz CT molecular complexity index is 547. The van der Waals surface area contributed by atoms with Gasteiger partial charge in [-0.05, 0) is 47.2 Å². The first kappa shape index (κ1) is 13.1. The van der Waals surface area contributed by atoms with E-state index in [9.17, 15) is 4.79 Å². The lowest BCUT2D eigenvalue weighted by atomic mass is 10.2. The first-order valence-corrected chi connectivity index (χ1v) is 6.72. The second kappa shape index (κ2) is 6.00. The van der Waals surface area contributed by atoms with Crippen LogP contribution in [-0.4, -0.2) is 5.97 Å². The third kappa shape index (κ3) is 3.32. The molecule has 2 aromatic carbocycles. The molecule has 18 heavy (non-hydrogen) atoms. The molecule has 0 N–H and O–H groups in total. The summed E-state index contributed by atoms with van der Waals surface area (Å²) in [5.41, 5.74) is 2.81. The second-order valence-corrected chi connectivity index (χ2v) is 5.20. The molecule has 2 aromatic rings. The third-order valence-electron chi connectivity index (χ3n) is 2.58. The van der Waals surface area contributed by atoms with Crippen molar-refractivity contribution in [2.24, 2.45) is 0 Å². The number of benzene rings is 2. The number of esters is 1. The van der Waals surface area contributed by atoms with Crippen molar-refractivity contribution < 1.29 is 9.53 Å². The lowest BCUT2D eigenvalue weighted by Gasteiger charge is -2.06. The van der Waals surface area contributed by atoms with Gasteiger partial charge in [0.05, 0.1) is 5.56 Å². The zero-order valence-electron chi connectivity index (χ0n) is 10.0. The molecule has 0 bridgehead atoms. The molecule has 0 fully saturated rings. The van der Waals surface area contributed by atoms with E-state index >= 15 is 0 Å². The molecule has 92 valence electrons. The third-order valence-corrected chi connectivity index (χ3v) is 3.52. The SMILES string of the molecule is Cc1ccc(COC(=O)c2ccccc2I)cc1. The Kier molecular flexibility index (Phi) is 4.36. The van der Waals surface area contributed by atoms with Crippen molar-refractivity contribution in [1.29, 1.82) is 0 Å². The molecule has 0 heterocycles. The van der Waals surface area contributed by atoms with Crippen LogP contribution in [0.1, 0.15) is 21.5 Å². The molecule has 0 saturated heterocycles. The minimum absolute atomic E-state index is 0.277. The molecular weight excluding hydrogens is 339 g/mol. The van der Waals surface area contributed by atoms with E-state index in [1.165, 1.54) is 5.56 Å². The summed E-state index contributed by atoms with van der Waals surface area (Å²) in [4.78, 5) is 11.9. The fourth-order valence-corrected chi connectivity index (χ4v) is 2.15. The molecular formula is C15H13IO2. The number of rotatable bonds is 3. The van der Waals surface area contributed by atoms with Gasteiger partial charge in [-0.3, -0.25) is 0 Å². The molecule has 0 spiro atoms. The van der Waals surface area contributed by atoms with Crippen molar-refractivity contribution >= 4 is 28.6 Å². The van der Waals surface area contributed by atoms with Gasteiger partial charge in [-0.25, -0.2) is 4.79 Å². The standard InChI is InChI=1S/C15H13IO2/c1-11-6-8-12(9-7-11)10-18-15(17)13-4-2-3-5-14(13)16/h2-9H,10H2,1H3. The van der Waals surface area contributed by atoms with E-state index in [4.69, 9.17) is 4.74 Å². The second-order valence-electron chi connectivity index (χ2n) is 4.04. The maximum absolute atomic E-state index is 11.9. The largest absolute Gasteiger partial charge is 0.457 e. The smallest absolute Gasteiger partial charge is 0.339 e. The Hall–Kier alpha value is -1.36. The van der Waals surface area contributed by atoms with Gasteiger partial charge >= 0.3 is 5.97 Å². The van der Waals surface area contributed by atoms with E-state index in [0.717, 1.165) is 9.13 Å². The van der Waals surface area contributed by atoms with Crippen LogP contribution in [0.25, 0.3) is 0 Å². The predicted octanol–water partition coefficient (Wildman–Crippen LogP) is 3.96. The Balaban J connectivity index is 2.01. The van der Waals surface area contributed by atoms with Crippen molar-refractivity contribution in [3.05, 3.63) is 68.8 Å². The molecule has 2 nitrogen and oxygen atoms in total. The molecule has 0 amide bonds. The van der Waals surface area contributed by atoms with Crippen molar-refractivity contribution in [2.75, 3.05) is 0 Å². The summed E-state index contributed by atoms with van der Waals surface area (Å²) in [7, 11) is 0. The van der Waals surface area contributed by atoms with Crippen molar-refractivity contribution in [2.45, 2.75) is 13.5 Å². The van der Waals surface area contributed by atoms with Crippen molar-refractivity contribution in [3.63, 3.8) is 0 Å². The average molecular weight is 352 g/mol. The molecule has 0 unspecified atom stereocenters. The monoisotopic (exact) mass is 352 g/mol. The van der Waals surface area contributed by atoms with Gasteiger partial charge in [0.15, 0.2) is 0 Å². The van der Waals surface area contributed by atoms with Gasteiger partial charge in [0.25, 0.3) is 0 Å². The van der Waals surface area contributed by atoms with Crippen LogP contribution in [0.5, 0.6) is 0 Å². The van der Waals surface area contributed by atoms with Gasteiger partial charge in [0, 0.05) is 3.57 Å². The minimum atomic E-state index is -0.277. The summed E-state index contributed by atoms with van der Waals surface area (Å²) in [6, 6.07) is 15.4. The summed E-state index contributed by atoms with van der Waals surface area (Å²) in [5.74, 6) is -0.277. The van der Waals surface area contributed by atoms with Gasteiger partial charge in [0.1, 0.15) is 6.61 Å². The Morgan fingerprint density at radius 1 is 1.11 bits per heavy atom. The quantitative estimate of drug-likeness (QED) is 0.618. The lowest BCUT2D eigenvalue weighted by molar-refractivity contribution is 0.0471. The van der Waals surface area contributed by atoms with E-state index in [2.05, 4.69) is 22.6 Å². The number of carbonyl (C=O) groups is 1. The van der Waals surface area contributed by atoms with Crippen molar-refractivity contribution in [3.8, 4) is 0 Å². The van der Waals surface area contributed by atoms with Crippen molar-refractivity contribution in [1.82, 2.24) is 0 Å². The van der Waals surface area contributed by atoms with Crippen LogP contribution in [0, 0.1) is 10.5 Å². The Morgan fingerprint density at radius 2 is 1.78 bits per heavy atom. The van der Waals surface area contributed by atoms with Crippen LogP contribution in [-0.2, 0) is 11.3 Å².